The predicted octanol–water partition coefficient (Wildman–Crippen LogP) is 3.89. The maximum atomic E-state index is 8.65. The molecule has 0 unspecified atom stereocenters. The monoisotopic (exact) mass is 240 g/mol. The van der Waals surface area contributed by atoms with Gasteiger partial charge >= 0.3 is 0 Å². The third-order valence-corrected chi connectivity index (χ3v) is 2.82. The van der Waals surface area contributed by atoms with Crippen LogP contribution in [0, 0.1) is 11.3 Å². The molecule has 0 bridgehead atoms. The largest absolute Gasteiger partial charge is 0.449 e. The lowest BCUT2D eigenvalue weighted by molar-refractivity contribution is 0.506. The quantitative estimate of drug-likeness (QED) is 0.882. The average Bonchev–Trinajstić information content (AvgIpc) is 2.85. The van der Waals surface area contributed by atoms with E-state index >= 15 is 0 Å². The second kappa shape index (κ2) is 5.42. The minimum atomic E-state index is 0.349. The standard InChI is InChI=1S/C15H16N2O/c1-11(2)12-3-5-13(6-4-12)17-10-15-8-7-14(9-16)18-15/h3-8,11,17H,10H2,1-2H3. The van der Waals surface area contributed by atoms with Crippen LogP contribution in [0.4, 0.5) is 5.69 Å². The van der Waals surface area contributed by atoms with Gasteiger partial charge in [-0.2, -0.15) is 5.26 Å². The first-order valence-electron chi connectivity index (χ1n) is 6.01. The lowest BCUT2D eigenvalue weighted by atomic mass is 10.0. The normalized spacial score (nSPS) is 10.3. The van der Waals surface area contributed by atoms with Crippen molar-refractivity contribution in [3.8, 4) is 6.07 Å². The number of hydrogen-bond donors (Lipinski definition) is 1. The molecule has 0 amide bonds. The van der Waals surface area contributed by atoms with E-state index in [4.69, 9.17) is 9.68 Å². The molecule has 0 saturated heterocycles. The Morgan fingerprint density at radius 2 is 1.89 bits per heavy atom. The van der Waals surface area contributed by atoms with Gasteiger partial charge in [0, 0.05) is 5.69 Å². The second-order valence-corrected chi connectivity index (χ2v) is 4.51. The molecule has 0 atom stereocenters. The summed E-state index contributed by atoms with van der Waals surface area (Å²) in [5.41, 5.74) is 2.37. The summed E-state index contributed by atoms with van der Waals surface area (Å²) in [5.74, 6) is 1.66. The number of hydrogen-bond acceptors (Lipinski definition) is 3. The van der Waals surface area contributed by atoms with Gasteiger partial charge in [0.15, 0.2) is 0 Å². The lowest BCUT2D eigenvalue weighted by Crippen LogP contribution is -1.98. The van der Waals surface area contributed by atoms with Gasteiger partial charge in [0.1, 0.15) is 11.8 Å². The average molecular weight is 240 g/mol. The summed E-state index contributed by atoms with van der Waals surface area (Å²) in [6.45, 7) is 4.94. The molecule has 92 valence electrons. The van der Waals surface area contributed by atoms with Gasteiger partial charge < -0.3 is 9.73 Å². The Balaban J connectivity index is 1.96. The van der Waals surface area contributed by atoms with Crippen molar-refractivity contribution >= 4 is 5.69 Å². The molecule has 1 aromatic carbocycles. The highest BCUT2D eigenvalue weighted by Crippen LogP contribution is 2.18. The van der Waals surface area contributed by atoms with Crippen molar-refractivity contribution in [3.63, 3.8) is 0 Å². The summed E-state index contributed by atoms with van der Waals surface area (Å²) in [6, 6.07) is 13.8. The molecule has 0 aliphatic rings. The van der Waals surface area contributed by atoms with Crippen LogP contribution in [0.2, 0.25) is 0 Å². The Kier molecular flexibility index (Phi) is 3.69. The third kappa shape index (κ3) is 2.92. The Bertz CT molecular complexity index is 547. The van der Waals surface area contributed by atoms with Crippen molar-refractivity contribution in [3.05, 3.63) is 53.5 Å². The first-order chi connectivity index (χ1) is 8.69. The molecule has 0 saturated carbocycles. The molecule has 2 rings (SSSR count). The van der Waals surface area contributed by atoms with Crippen molar-refractivity contribution in [2.24, 2.45) is 0 Å². The summed E-state index contributed by atoms with van der Waals surface area (Å²) in [5, 5.41) is 11.9. The Labute approximate surface area is 107 Å². The number of nitrogens with one attached hydrogen (secondary N) is 1. The topological polar surface area (TPSA) is 49.0 Å². The fraction of sp³-hybridized carbons (Fsp3) is 0.267. The van der Waals surface area contributed by atoms with Crippen LogP contribution in [-0.2, 0) is 6.54 Å². The van der Waals surface area contributed by atoms with E-state index in [2.05, 4.69) is 43.4 Å². The summed E-state index contributed by atoms with van der Waals surface area (Å²) in [7, 11) is 0. The number of rotatable bonds is 4. The SMILES string of the molecule is CC(C)c1ccc(NCc2ccc(C#N)o2)cc1. The van der Waals surface area contributed by atoms with E-state index in [-0.39, 0.29) is 0 Å². The molecule has 2 aromatic rings. The minimum Gasteiger partial charge on any atom is -0.449 e. The first kappa shape index (κ1) is 12.3. The molecule has 1 heterocycles. The van der Waals surface area contributed by atoms with Gasteiger partial charge in [0.2, 0.25) is 5.76 Å². The summed E-state index contributed by atoms with van der Waals surface area (Å²) in [4.78, 5) is 0. The highest BCUT2D eigenvalue weighted by atomic mass is 16.3. The molecule has 0 spiro atoms. The molecule has 1 aromatic heterocycles. The smallest absolute Gasteiger partial charge is 0.203 e. The summed E-state index contributed by atoms with van der Waals surface area (Å²) in [6.07, 6.45) is 0. The van der Waals surface area contributed by atoms with E-state index in [9.17, 15) is 0 Å². The van der Waals surface area contributed by atoms with Crippen LogP contribution in [0.15, 0.2) is 40.8 Å². The van der Waals surface area contributed by atoms with Crippen molar-refractivity contribution in [2.45, 2.75) is 26.3 Å². The maximum absolute atomic E-state index is 8.65. The molecule has 18 heavy (non-hydrogen) atoms. The zero-order valence-electron chi connectivity index (χ0n) is 10.6. The molecular weight excluding hydrogens is 224 g/mol. The van der Waals surface area contributed by atoms with Crippen LogP contribution in [0.1, 0.15) is 36.8 Å². The summed E-state index contributed by atoms with van der Waals surface area (Å²) >= 11 is 0. The van der Waals surface area contributed by atoms with Crippen molar-refractivity contribution in [1.82, 2.24) is 0 Å². The van der Waals surface area contributed by atoms with E-state index in [0.29, 0.717) is 18.2 Å². The van der Waals surface area contributed by atoms with E-state index in [0.717, 1.165) is 11.4 Å². The lowest BCUT2D eigenvalue weighted by Gasteiger charge is -2.08. The minimum absolute atomic E-state index is 0.349. The molecule has 1 N–H and O–H groups in total. The molecule has 3 nitrogen and oxygen atoms in total. The fourth-order valence-electron chi connectivity index (χ4n) is 1.71. The molecule has 0 fully saturated rings. The molecular formula is C15H16N2O. The molecule has 3 heteroatoms. The zero-order valence-corrected chi connectivity index (χ0v) is 10.6. The molecule has 0 aliphatic heterocycles. The Morgan fingerprint density at radius 3 is 2.44 bits per heavy atom. The Hall–Kier alpha value is -2.21. The Morgan fingerprint density at radius 1 is 1.17 bits per heavy atom. The number of nitriles is 1. The molecule has 0 aliphatic carbocycles. The van der Waals surface area contributed by atoms with Crippen LogP contribution < -0.4 is 5.32 Å². The van der Waals surface area contributed by atoms with Gasteiger partial charge in [0.05, 0.1) is 6.54 Å². The van der Waals surface area contributed by atoms with Crippen LogP contribution in [0.3, 0.4) is 0 Å². The van der Waals surface area contributed by atoms with Gasteiger partial charge in [0.25, 0.3) is 0 Å². The van der Waals surface area contributed by atoms with Gasteiger partial charge in [-0.15, -0.1) is 0 Å². The summed E-state index contributed by atoms with van der Waals surface area (Å²) < 4.78 is 5.29. The first-order valence-corrected chi connectivity index (χ1v) is 6.01. The fourth-order valence-corrected chi connectivity index (χ4v) is 1.71. The number of benzene rings is 1. The highest BCUT2D eigenvalue weighted by molar-refractivity contribution is 5.45. The van der Waals surface area contributed by atoms with Crippen LogP contribution in [-0.4, -0.2) is 0 Å². The second-order valence-electron chi connectivity index (χ2n) is 4.51. The van der Waals surface area contributed by atoms with Crippen molar-refractivity contribution in [2.75, 3.05) is 5.32 Å². The van der Waals surface area contributed by atoms with E-state index in [1.54, 1.807) is 6.07 Å². The van der Waals surface area contributed by atoms with Crippen molar-refractivity contribution in [1.29, 1.82) is 5.26 Å². The van der Waals surface area contributed by atoms with Crippen LogP contribution >= 0.6 is 0 Å². The van der Waals surface area contributed by atoms with Crippen LogP contribution in [0.25, 0.3) is 0 Å². The van der Waals surface area contributed by atoms with Gasteiger partial charge in [-0.25, -0.2) is 0 Å². The number of anilines is 1. The van der Waals surface area contributed by atoms with Gasteiger partial charge in [-0.1, -0.05) is 26.0 Å². The zero-order chi connectivity index (χ0) is 13.0. The predicted molar refractivity (Wildman–Crippen MR) is 71.3 cm³/mol. The van der Waals surface area contributed by atoms with Gasteiger partial charge in [-0.3, -0.25) is 0 Å². The van der Waals surface area contributed by atoms with E-state index < -0.39 is 0 Å². The van der Waals surface area contributed by atoms with E-state index in [1.165, 1.54) is 5.56 Å². The maximum Gasteiger partial charge on any atom is 0.203 e. The van der Waals surface area contributed by atoms with Gasteiger partial charge in [-0.05, 0) is 35.7 Å². The number of nitrogens with zero attached hydrogens (tertiary/aromatic N) is 1. The highest BCUT2D eigenvalue weighted by Gasteiger charge is 2.02. The van der Waals surface area contributed by atoms with Crippen LogP contribution in [0.5, 0.6) is 0 Å². The molecule has 0 radical (unpaired) electrons. The third-order valence-electron chi connectivity index (χ3n) is 2.82. The van der Waals surface area contributed by atoms with E-state index in [1.807, 2.05) is 12.1 Å². The number of furan rings is 1. The van der Waals surface area contributed by atoms with Crippen molar-refractivity contribution < 1.29 is 4.42 Å².